The Morgan fingerprint density at radius 3 is 2.67 bits per heavy atom. The maximum atomic E-state index is 14.4. The van der Waals surface area contributed by atoms with Crippen LogP contribution in [-0.2, 0) is 4.74 Å². The highest BCUT2D eigenvalue weighted by Crippen LogP contribution is 2.37. The first-order valence-corrected chi connectivity index (χ1v) is 10.7. The van der Waals surface area contributed by atoms with Gasteiger partial charge in [0.05, 0.1) is 16.3 Å². The van der Waals surface area contributed by atoms with Gasteiger partial charge in [-0.15, -0.1) is 0 Å². The molecule has 3 aromatic rings. The Labute approximate surface area is 194 Å². The Bertz CT molecular complexity index is 1130. The largest absolute Gasteiger partial charge is 0.446 e. The van der Waals surface area contributed by atoms with E-state index >= 15 is 0 Å². The zero-order valence-corrected chi connectivity index (χ0v) is 18.3. The molecule has 0 aliphatic heterocycles. The van der Waals surface area contributed by atoms with E-state index in [4.69, 9.17) is 32.5 Å². The van der Waals surface area contributed by atoms with Gasteiger partial charge < -0.3 is 26.3 Å². The van der Waals surface area contributed by atoms with Crippen molar-refractivity contribution in [2.24, 2.45) is 5.73 Å². The number of carbonyl (C=O) groups excluding carboxylic acids is 1. The first-order valence-electron chi connectivity index (χ1n) is 10.3. The molecule has 2 heterocycles. The van der Waals surface area contributed by atoms with Gasteiger partial charge in [-0.1, -0.05) is 11.6 Å². The Morgan fingerprint density at radius 1 is 1.15 bits per heavy atom. The van der Waals surface area contributed by atoms with Crippen molar-refractivity contribution < 1.29 is 18.7 Å². The highest BCUT2D eigenvalue weighted by Gasteiger charge is 2.24. The van der Waals surface area contributed by atoms with Crippen LogP contribution in [-0.4, -0.2) is 33.2 Å². The molecule has 4 rings (SSSR count). The summed E-state index contributed by atoms with van der Waals surface area (Å²) in [6, 6.07) is 7.83. The molecule has 11 heteroatoms. The number of benzene rings is 1. The van der Waals surface area contributed by atoms with E-state index in [0.717, 1.165) is 18.9 Å². The van der Waals surface area contributed by atoms with E-state index in [0.29, 0.717) is 30.0 Å². The molecule has 9 nitrogen and oxygen atoms in total. The molecular formula is C22H22ClFN6O3. The highest BCUT2D eigenvalue weighted by atomic mass is 35.5. The van der Waals surface area contributed by atoms with E-state index < -0.39 is 11.9 Å². The smallest absolute Gasteiger partial charge is 0.404 e. The molecule has 5 N–H and O–H groups in total. The lowest BCUT2D eigenvalue weighted by Crippen LogP contribution is -2.32. The summed E-state index contributed by atoms with van der Waals surface area (Å²) < 4.78 is 25.1. The number of primary amides is 1. The number of anilines is 2. The van der Waals surface area contributed by atoms with Crippen molar-refractivity contribution in [2.75, 3.05) is 11.1 Å². The summed E-state index contributed by atoms with van der Waals surface area (Å²) >= 11 is 6.11. The monoisotopic (exact) mass is 472 g/mol. The topological polar surface area (TPSA) is 138 Å². The summed E-state index contributed by atoms with van der Waals surface area (Å²) in [5.41, 5.74) is 12.0. The predicted octanol–water partition coefficient (Wildman–Crippen LogP) is 4.52. The number of pyridine rings is 1. The fraction of sp³-hybridized carbons (Fsp3) is 0.273. The Kier molecular flexibility index (Phi) is 6.74. The number of nitrogens with one attached hydrogen (secondary N) is 1. The average Bonchev–Trinajstić information content (AvgIpc) is 2.78. The number of nitrogens with two attached hydrogens (primary N) is 2. The van der Waals surface area contributed by atoms with Gasteiger partial charge in [-0.2, -0.15) is 0 Å². The molecular weight excluding hydrogens is 451 g/mol. The van der Waals surface area contributed by atoms with Crippen LogP contribution in [0.4, 0.5) is 20.8 Å². The summed E-state index contributed by atoms with van der Waals surface area (Å²) in [7, 11) is 0. The van der Waals surface area contributed by atoms with Crippen molar-refractivity contribution >= 4 is 29.3 Å². The number of rotatable bonds is 6. The molecule has 0 unspecified atom stereocenters. The Balaban J connectivity index is 1.51. The number of amides is 1. The third-order valence-electron chi connectivity index (χ3n) is 5.21. The Morgan fingerprint density at radius 2 is 1.94 bits per heavy atom. The lowest BCUT2D eigenvalue weighted by molar-refractivity contribution is 0.0805. The molecule has 2 aromatic heterocycles. The van der Waals surface area contributed by atoms with Crippen LogP contribution in [0.3, 0.4) is 0 Å². The van der Waals surface area contributed by atoms with Gasteiger partial charge in [-0.3, -0.25) is 0 Å². The molecule has 0 saturated heterocycles. The molecule has 1 aliphatic carbocycles. The van der Waals surface area contributed by atoms with Crippen molar-refractivity contribution in [1.29, 1.82) is 0 Å². The number of halogens is 2. The fourth-order valence-corrected chi connectivity index (χ4v) is 3.95. The maximum absolute atomic E-state index is 14.4. The number of ether oxygens (including phenoxy) is 2. The second-order valence-electron chi connectivity index (χ2n) is 7.59. The third-order valence-corrected chi connectivity index (χ3v) is 5.49. The first-order chi connectivity index (χ1) is 15.9. The van der Waals surface area contributed by atoms with Crippen molar-refractivity contribution in [1.82, 2.24) is 15.0 Å². The van der Waals surface area contributed by atoms with Crippen LogP contribution in [0.25, 0.3) is 11.3 Å². The molecule has 1 aromatic carbocycles. The summed E-state index contributed by atoms with van der Waals surface area (Å²) in [6.07, 6.45) is 5.18. The number of nitrogen functional groups attached to an aromatic ring is 1. The zero-order valence-electron chi connectivity index (χ0n) is 17.5. The SMILES string of the molecule is NC(=O)OC1CCC(Nc2nccc(-c3cccnc3Oc3c(F)cc(N)cc3Cl)n2)CC1. The molecule has 1 amide bonds. The van der Waals surface area contributed by atoms with E-state index in [9.17, 15) is 9.18 Å². The number of aromatic nitrogens is 3. The van der Waals surface area contributed by atoms with E-state index in [1.807, 2.05) is 0 Å². The van der Waals surface area contributed by atoms with Crippen LogP contribution in [0, 0.1) is 5.82 Å². The van der Waals surface area contributed by atoms with Gasteiger partial charge in [-0.25, -0.2) is 24.1 Å². The lowest BCUT2D eigenvalue weighted by Gasteiger charge is -2.28. The standard InChI is InChI=1S/C22H22ClFN6O3/c23-16-10-12(25)11-17(24)19(16)33-20-15(2-1-8-27-20)18-7-9-28-22(30-18)29-13-3-5-14(6-4-13)32-21(26)31/h1-2,7-11,13-14H,3-6,25H2,(H2,26,31)(H,28,29,30). The normalized spacial score (nSPS) is 17.9. The van der Waals surface area contributed by atoms with Crippen LogP contribution in [0.15, 0.2) is 42.7 Å². The maximum Gasteiger partial charge on any atom is 0.404 e. The molecule has 1 saturated carbocycles. The minimum atomic E-state index is -0.753. The van der Waals surface area contributed by atoms with Crippen molar-refractivity contribution in [3.63, 3.8) is 0 Å². The van der Waals surface area contributed by atoms with Gasteiger partial charge in [0.1, 0.15) is 6.10 Å². The fourth-order valence-electron chi connectivity index (χ4n) is 3.69. The molecule has 0 spiro atoms. The van der Waals surface area contributed by atoms with Crippen molar-refractivity contribution in [3.05, 3.63) is 53.6 Å². The van der Waals surface area contributed by atoms with E-state index in [1.165, 1.54) is 12.3 Å². The minimum absolute atomic E-state index is 0.0325. The van der Waals surface area contributed by atoms with E-state index in [1.54, 1.807) is 24.4 Å². The summed E-state index contributed by atoms with van der Waals surface area (Å²) in [5.74, 6) is -0.305. The van der Waals surface area contributed by atoms with E-state index in [-0.39, 0.29) is 34.5 Å². The molecule has 33 heavy (non-hydrogen) atoms. The summed E-state index contributed by atoms with van der Waals surface area (Å²) in [5, 5.41) is 3.34. The third kappa shape index (κ3) is 5.58. The first kappa shape index (κ1) is 22.5. The molecule has 0 radical (unpaired) electrons. The molecule has 0 atom stereocenters. The molecule has 172 valence electrons. The second kappa shape index (κ2) is 9.86. The predicted molar refractivity (Wildman–Crippen MR) is 121 cm³/mol. The average molecular weight is 473 g/mol. The van der Waals surface area contributed by atoms with Crippen LogP contribution < -0.4 is 21.5 Å². The summed E-state index contributed by atoms with van der Waals surface area (Å²) in [4.78, 5) is 24.0. The van der Waals surface area contributed by atoms with E-state index in [2.05, 4.69) is 20.3 Å². The van der Waals surface area contributed by atoms with Gasteiger partial charge in [0.15, 0.2) is 11.6 Å². The van der Waals surface area contributed by atoms with Gasteiger partial charge in [0.2, 0.25) is 11.8 Å². The molecule has 1 fully saturated rings. The zero-order chi connectivity index (χ0) is 23.4. The quantitative estimate of drug-likeness (QED) is 0.445. The Hall–Kier alpha value is -3.66. The van der Waals surface area contributed by atoms with Crippen LogP contribution in [0.2, 0.25) is 5.02 Å². The minimum Gasteiger partial charge on any atom is -0.446 e. The second-order valence-corrected chi connectivity index (χ2v) is 8.00. The number of carbonyl (C=O) groups is 1. The number of nitrogens with zero attached hydrogens (tertiary/aromatic N) is 3. The van der Waals surface area contributed by atoms with Crippen LogP contribution >= 0.6 is 11.6 Å². The van der Waals surface area contributed by atoms with Gasteiger partial charge in [0, 0.05) is 30.2 Å². The summed E-state index contributed by atoms with van der Waals surface area (Å²) in [6.45, 7) is 0. The van der Waals surface area contributed by atoms with Crippen molar-refractivity contribution in [3.8, 4) is 22.9 Å². The number of hydrogen-bond donors (Lipinski definition) is 3. The van der Waals surface area contributed by atoms with Gasteiger partial charge in [0.25, 0.3) is 0 Å². The number of hydrogen-bond acceptors (Lipinski definition) is 8. The molecule has 0 bridgehead atoms. The van der Waals surface area contributed by atoms with Crippen LogP contribution in [0.1, 0.15) is 25.7 Å². The molecule has 1 aliphatic rings. The van der Waals surface area contributed by atoms with Crippen LogP contribution in [0.5, 0.6) is 11.6 Å². The van der Waals surface area contributed by atoms with Crippen molar-refractivity contribution in [2.45, 2.75) is 37.8 Å². The van der Waals surface area contributed by atoms with Gasteiger partial charge in [-0.05, 0) is 49.9 Å². The lowest BCUT2D eigenvalue weighted by atomic mass is 9.93. The highest BCUT2D eigenvalue weighted by molar-refractivity contribution is 6.32. The van der Waals surface area contributed by atoms with Gasteiger partial charge >= 0.3 is 6.09 Å².